The van der Waals surface area contributed by atoms with E-state index < -0.39 is 0 Å². The number of hydrogen-bond donors (Lipinski definition) is 0. The molecule has 0 bridgehead atoms. The highest BCUT2D eigenvalue weighted by molar-refractivity contribution is 5.94. The molecule has 1 saturated heterocycles. The van der Waals surface area contributed by atoms with Crippen LogP contribution in [0, 0.1) is 0 Å². The monoisotopic (exact) mass is 269 g/mol. The summed E-state index contributed by atoms with van der Waals surface area (Å²) >= 11 is 0. The van der Waals surface area contributed by atoms with E-state index >= 15 is 0 Å². The zero-order valence-electron chi connectivity index (χ0n) is 11.0. The van der Waals surface area contributed by atoms with Gasteiger partial charge in [0.2, 0.25) is 0 Å². The third-order valence-electron chi connectivity index (χ3n) is 3.36. The average molecular weight is 269 g/mol. The highest BCUT2D eigenvalue weighted by Gasteiger charge is 2.25. The van der Waals surface area contributed by atoms with Gasteiger partial charge in [0.05, 0.1) is 13.2 Å². The molecule has 2 aromatic rings. The van der Waals surface area contributed by atoms with Crippen molar-refractivity contribution in [1.29, 1.82) is 0 Å². The quantitative estimate of drug-likeness (QED) is 0.832. The maximum absolute atomic E-state index is 12.4. The summed E-state index contributed by atoms with van der Waals surface area (Å²) in [5.41, 5.74) is 1.71. The topological polar surface area (TPSA) is 55.3 Å². The summed E-state index contributed by atoms with van der Waals surface area (Å²) in [6.07, 6.45) is 6.66. The second-order valence-corrected chi connectivity index (χ2v) is 4.63. The van der Waals surface area contributed by atoms with E-state index in [9.17, 15) is 4.79 Å². The highest BCUT2D eigenvalue weighted by Crippen LogP contribution is 2.22. The molecule has 0 N–H and O–H groups in total. The molecule has 5 nitrogen and oxygen atoms in total. The summed E-state index contributed by atoms with van der Waals surface area (Å²) in [6.45, 7) is 1.72. The Kier molecular flexibility index (Phi) is 3.69. The lowest BCUT2D eigenvalue weighted by Crippen LogP contribution is -2.42. The van der Waals surface area contributed by atoms with Crippen molar-refractivity contribution in [3.05, 3.63) is 60.2 Å². The van der Waals surface area contributed by atoms with Gasteiger partial charge < -0.3 is 9.64 Å². The fraction of sp³-hybridized carbons (Fsp3) is 0.267. The van der Waals surface area contributed by atoms with Crippen LogP contribution in [0.1, 0.15) is 22.0 Å². The first-order chi connectivity index (χ1) is 9.84. The van der Waals surface area contributed by atoms with Gasteiger partial charge in [0.25, 0.3) is 5.91 Å². The Morgan fingerprint density at radius 2 is 1.75 bits per heavy atom. The van der Waals surface area contributed by atoms with E-state index in [-0.39, 0.29) is 12.0 Å². The molecule has 1 amide bonds. The first-order valence-electron chi connectivity index (χ1n) is 6.55. The number of rotatable bonds is 2. The lowest BCUT2D eigenvalue weighted by atomic mass is 10.1. The van der Waals surface area contributed by atoms with Crippen LogP contribution in [0.15, 0.2) is 49.1 Å². The second kappa shape index (κ2) is 5.79. The molecule has 5 heteroatoms. The number of pyridine rings is 2. The molecule has 2 aromatic heterocycles. The van der Waals surface area contributed by atoms with Crippen molar-refractivity contribution in [3.8, 4) is 0 Å². The molecule has 3 heterocycles. The number of carbonyl (C=O) groups excluding carboxylic acids is 1. The van der Waals surface area contributed by atoms with E-state index in [2.05, 4.69) is 9.97 Å². The first-order valence-corrected chi connectivity index (χ1v) is 6.55. The maximum atomic E-state index is 12.4. The molecule has 0 aromatic carbocycles. The predicted octanol–water partition coefficient (Wildman–Crippen LogP) is 1.69. The summed E-state index contributed by atoms with van der Waals surface area (Å²) in [6, 6.07) is 7.31. The van der Waals surface area contributed by atoms with Crippen molar-refractivity contribution >= 4 is 5.91 Å². The van der Waals surface area contributed by atoms with Crippen LogP contribution in [0.3, 0.4) is 0 Å². The minimum Gasteiger partial charge on any atom is -0.370 e. The minimum absolute atomic E-state index is 0.0229. The van der Waals surface area contributed by atoms with Crippen molar-refractivity contribution in [2.24, 2.45) is 0 Å². The Morgan fingerprint density at radius 1 is 1.10 bits per heavy atom. The number of amides is 1. The van der Waals surface area contributed by atoms with Gasteiger partial charge in [-0.1, -0.05) is 0 Å². The van der Waals surface area contributed by atoms with Crippen molar-refractivity contribution in [2.45, 2.75) is 6.10 Å². The van der Waals surface area contributed by atoms with Crippen molar-refractivity contribution in [1.82, 2.24) is 14.9 Å². The van der Waals surface area contributed by atoms with E-state index in [1.165, 1.54) is 0 Å². The fourth-order valence-electron chi connectivity index (χ4n) is 2.29. The molecular formula is C15H15N3O2. The Hall–Kier alpha value is -2.27. The summed E-state index contributed by atoms with van der Waals surface area (Å²) in [5.74, 6) is 0.0229. The molecule has 0 radical (unpaired) electrons. The third kappa shape index (κ3) is 2.67. The number of carbonyl (C=O) groups is 1. The summed E-state index contributed by atoms with van der Waals surface area (Å²) < 4.78 is 5.75. The van der Waals surface area contributed by atoms with Gasteiger partial charge in [0.15, 0.2) is 0 Å². The number of hydrogen-bond acceptors (Lipinski definition) is 4. The average Bonchev–Trinajstić information content (AvgIpc) is 2.56. The third-order valence-corrected chi connectivity index (χ3v) is 3.36. The van der Waals surface area contributed by atoms with Gasteiger partial charge in [-0.15, -0.1) is 0 Å². The minimum atomic E-state index is -0.0856. The summed E-state index contributed by atoms with van der Waals surface area (Å²) in [4.78, 5) is 22.2. The van der Waals surface area contributed by atoms with Crippen LogP contribution in [0.4, 0.5) is 0 Å². The van der Waals surface area contributed by atoms with Crippen LogP contribution >= 0.6 is 0 Å². The molecule has 0 saturated carbocycles. The molecule has 102 valence electrons. The van der Waals surface area contributed by atoms with Gasteiger partial charge in [-0.25, -0.2) is 0 Å². The van der Waals surface area contributed by atoms with Crippen LogP contribution in [-0.2, 0) is 4.74 Å². The van der Waals surface area contributed by atoms with E-state index in [1.54, 1.807) is 36.9 Å². The van der Waals surface area contributed by atoms with Crippen molar-refractivity contribution < 1.29 is 9.53 Å². The molecule has 0 spiro atoms. The van der Waals surface area contributed by atoms with Crippen LogP contribution in [0.25, 0.3) is 0 Å². The van der Waals surface area contributed by atoms with Crippen LogP contribution < -0.4 is 0 Å². The molecule has 20 heavy (non-hydrogen) atoms. The molecule has 0 aliphatic carbocycles. The highest BCUT2D eigenvalue weighted by atomic mass is 16.5. The number of ether oxygens (including phenoxy) is 1. The SMILES string of the molecule is O=C(c1ccncc1)N1CCO[C@H](c2ccncc2)C1. The molecular weight excluding hydrogens is 254 g/mol. The largest absolute Gasteiger partial charge is 0.370 e. The Balaban J connectivity index is 1.74. The lowest BCUT2D eigenvalue weighted by Gasteiger charge is -2.33. The number of nitrogens with zero attached hydrogens (tertiary/aromatic N) is 3. The smallest absolute Gasteiger partial charge is 0.254 e. The molecule has 0 unspecified atom stereocenters. The Bertz CT molecular complexity index is 574. The fourth-order valence-corrected chi connectivity index (χ4v) is 2.29. The Labute approximate surface area is 117 Å². The van der Waals surface area contributed by atoms with E-state index in [1.807, 2.05) is 17.0 Å². The van der Waals surface area contributed by atoms with E-state index in [4.69, 9.17) is 4.74 Å². The summed E-state index contributed by atoms with van der Waals surface area (Å²) in [7, 11) is 0. The van der Waals surface area contributed by atoms with Gasteiger partial charge in [-0.2, -0.15) is 0 Å². The zero-order chi connectivity index (χ0) is 13.8. The van der Waals surface area contributed by atoms with Gasteiger partial charge in [0, 0.05) is 36.9 Å². The first kappa shape index (κ1) is 12.7. The van der Waals surface area contributed by atoms with E-state index in [0.29, 0.717) is 25.3 Å². The van der Waals surface area contributed by atoms with Gasteiger partial charge in [-0.3, -0.25) is 14.8 Å². The normalized spacial score (nSPS) is 18.8. The van der Waals surface area contributed by atoms with Crippen LogP contribution in [-0.4, -0.2) is 40.5 Å². The predicted molar refractivity (Wildman–Crippen MR) is 73.1 cm³/mol. The molecule has 1 atom stereocenters. The van der Waals surface area contributed by atoms with E-state index in [0.717, 1.165) is 5.56 Å². The standard InChI is InChI=1S/C15H15N3O2/c19-15(13-3-7-17-8-4-13)18-9-10-20-14(11-18)12-1-5-16-6-2-12/h1-8,14H,9-11H2/t14-/m0/s1. The summed E-state index contributed by atoms with van der Waals surface area (Å²) in [5, 5.41) is 0. The lowest BCUT2D eigenvalue weighted by molar-refractivity contribution is -0.0228. The van der Waals surface area contributed by atoms with Crippen molar-refractivity contribution in [3.63, 3.8) is 0 Å². The number of aromatic nitrogens is 2. The Morgan fingerprint density at radius 3 is 2.45 bits per heavy atom. The van der Waals surface area contributed by atoms with Crippen LogP contribution in [0.5, 0.6) is 0 Å². The van der Waals surface area contributed by atoms with Crippen molar-refractivity contribution in [2.75, 3.05) is 19.7 Å². The number of morpholine rings is 1. The maximum Gasteiger partial charge on any atom is 0.254 e. The molecule has 1 aliphatic heterocycles. The molecule has 1 aliphatic rings. The van der Waals surface area contributed by atoms with Gasteiger partial charge >= 0.3 is 0 Å². The van der Waals surface area contributed by atoms with Gasteiger partial charge in [0.1, 0.15) is 6.10 Å². The van der Waals surface area contributed by atoms with Crippen LogP contribution in [0.2, 0.25) is 0 Å². The molecule has 3 rings (SSSR count). The molecule has 1 fully saturated rings. The second-order valence-electron chi connectivity index (χ2n) is 4.63. The zero-order valence-corrected chi connectivity index (χ0v) is 11.0. The van der Waals surface area contributed by atoms with Gasteiger partial charge in [-0.05, 0) is 29.8 Å².